The van der Waals surface area contributed by atoms with Crippen molar-refractivity contribution >= 4 is 28.0 Å². The van der Waals surface area contributed by atoms with Gasteiger partial charge in [-0.1, -0.05) is 42.5 Å². The minimum absolute atomic E-state index is 0.114. The lowest BCUT2D eigenvalue weighted by Gasteiger charge is -2.17. The zero-order chi connectivity index (χ0) is 20.4. The number of carbonyl (C=O) groups is 1. The van der Waals surface area contributed by atoms with Crippen LogP contribution in [0.25, 0.3) is 16.4 Å². The first-order valence-corrected chi connectivity index (χ1v) is 9.46. The fraction of sp³-hybridized carbons (Fsp3) is 0.174. The molecule has 2 heterocycles. The fourth-order valence-corrected chi connectivity index (χ4v) is 3.55. The van der Waals surface area contributed by atoms with Crippen molar-refractivity contribution in [1.82, 2.24) is 14.3 Å². The van der Waals surface area contributed by atoms with Gasteiger partial charge in [-0.15, -0.1) is 0 Å². The molecule has 4 rings (SSSR count). The third-order valence-electron chi connectivity index (χ3n) is 4.84. The summed E-state index contributed by atoms with van der Waals surface area (Å²) in [5.74, 6) is -0.114. The van der Waals surface area contributed by atoms with Gasteiger partial charge in [0.2, 0.25) is 5.91 Å². The molecule has 146 valence electrons. The monoisotopic (exact) mass is 386 g/mol. The summed E-state index contributed by atoms with van der Waals surface area (Å²) in [6.45, 7) is 2.47. The van der Waals surface area contributed by atoms with Crippen molar-refractivity contribution in [2.24, 2.45) is 0 Å². The Morgan fingerprint density at radius 2 is 1.83 bits per heavy atom. The van der Waals surface area contributed by atoms with E-state index in [9.17, 15) is 9.59 Å². The van der Waals surface area contributed by atoms with E-state index in [1.807, 2.05) is 79.5 Å². The smallest absolute Gasteiger partial charge is 0.258 e. The standard InChI is InChI=1S/C23H22N4O2/c1-16-7-5-12-21-24-18(13-23(29)27(16)21)14-26(2)15-22(28)25-20-11-6-9-17-8-3-4-10-19(17)20/h3-13H,14-15H2,1-2H3,(H,25,28). The molecule has 0 fully saturated rings. The molecule has 0 unspecified atom stereocenters. The largest absolute Gasteiger partial charge is 0.324 e. The normalized spacial score (nSPS) is 11.3. The minimum atomic E-state index is -0.114. The number of hydrogen-bond acceptors (Lipinski definition) is 4. The summed E-state index contributed by atoms with van der Waals surface area (Å²) in [4.78, 5) is 31.4. The van der Waals surface area contributed by atoms with Crippen molar-refractivity contribution in [2.45, 2.75) is 13.5 Å². The van der Waals surface area contributed by atoms with E-state index in [4.69, 9.17) is 0 Å². The summed E-state index contributed by atoms with van der Waals surface area (Å²) in [5, 5.41) is 5.07. The van der Waals surface area contributed by atoms with Crippen LogP contribution in [0, 0.1) is 6.92 Å². The van der Waals surface area contributed by atoms with Gasteiger partial charge in [-0.3, -0.25) is 18.9 Å². The summed E-state index contributed by atoms with van der Waals surface area (Å²) in [6.07, 6.45) is 0. The topological polar surface area (TPSA) is 66.7 Å². The number of hydrogen-bond donors (Lipinski definition) is 1. The zero-order valence-electron chi connectivity index (χ0n) is 16.4. The summed E-state index contributed by atoms with van der Waals surface area (Å²) >= 11 is 0. The number of nitrogens with one attached hydrogen (secondary N) is 1. The number of rotatable bonds is 5. The molecule has 0 bridgehead atoms. The van der Waals surface area contributed by atoms with E-state index in [1.165, 1.54) is 6.07 Å². The first-order chi connectivity index (χ1) is 14.0. The summed E-state index contributed by atoms with van der Waals surface area (Å²) in [6, 6.07) is 20.9. The van der Waals surface area contributed by atoms with E-state index in [0.717, 1.165) is 22.2 Å². The van der Waals surface area contributed by atoms with Gasteiger partial charge in [0.15, 0.2) is 0 Å². The Morgan fingerprint density at radius 1 is 1.07 bits per heavy atom. The molecule has 0 aliphatic rings. The maximum absolute atomic E-state index is 12.5. The van der Waals surface area contributed by atoms with Crippen LogP contribution in [0.2, 0.25) is 0 Å². The first kappa shape index (κ1) is 18.8. The number of likely N-dealkylation sites (N-methyl/N-ethyl adjacent to an activating group) is 1. The molecule has 0 atom stereocenters. The minimum Gasteiger partial charge on any atom is -0.324 e. The number of benzene rings is 2. The lowest BCUT2D eigenvalue weighted by molar-refractivity contribution is -0.117. The molecule has 4 aromatic rings. The van der Waals surface area contributed by atoms with Crippen LogP contribution in [0.4, 0.5) is 5.69 Å². The summed E-state index contributed by atoms with van der Waals surface area (Å²) in [5.41, 5.74) is 2.77. The predicted molar refractivity (Wildman–Crippen MR) is 115 cm³/mol. The average molecular weight is 386 g/mol. The molecule has 0 aliphatic heterocycles. The maximum Gasteiger partial charge on any atom is 0.258 e. The Balaban J connectivity index is 1.47. The van der Waals surface area contributed by atoms with Gasteiger partial charge >= 0.3 is 0 Å². The molecule has 0 aliphatic carbocycles. The Morgan fingerprint density at radius 3 is 2.69 bits per heavy atom. The SMILES string of the molecule is Cc1cccc2nc(CN(C)CC(=O)Nc3cccc4ccccc34)cc(=O)n12. The Hall–Kier alpha value is -3.51. The molecule has 6 nitrogen and oxygen atoms in total. The van der Waals surface area contributed by atoms with E-state index >= 15 is 0 Å². The number of pyridine rings is 1. The van der Waals surface area contributed by atoms with Gasteiger partial charge in [-0.2, -0.15) is 0 Å². The highest BCUT2D eigenvalue weighted by Crippen LogP contribution is 2.22. The molecule has 1 amide bonds. The molecular weight excluding hydrogens is 364 g/mol. The number of nitrogens with zero attached hydrogens (tertiary/aromatic N) is 3. The molecule has 0 saturated heterocycles. The van der Waals surface area contributed by atoms with Gasteiger partial charge in [-0.25, -0.2) is 4.98 Å². The molecule has 1 N–H and O–H groups in total. The van der Waals surface area contributed by atoms with Crippen LogP contribution in [-0.4, -0.2) is 33.8 Å². The predicted octanol–water partition coefficient (Wildman–Crippen LogP) is 3.23. The lowest BCUT2D eigenvalue weighted by Crippen LogP contribution is -2.31. The van der Waals surface area contributed by atoms with Crippen molar-refractivity contribution in [3.63, 3.8) is 0 Å². The average Bonchev–Trinajstić information content (AvgIpc) is 2.68. The van der Waals surface area contributed by atoms with Crippen LogP contribution >= 0.6 is 0 Å². The molecule has 0 spiro atoms. The number of amides is 1. The van der Waals surface area contributed by atoms with Gasteiger partial charge in [-0.05, 0) is 37.6 Å². The van der Waals surface area contributed by atoms with Crippen LogP contribution < -0.4 is 10.9 Å². The van der Waals surface area contributed by atoms with Crippen molar-refractivity contribution in [3.8, 4) is 0 Å². The van der Waals surface area contributed by atoms with Crippen molar-refractivity contribution in [2.75, 3.05) is 18.9 Å². The second kappa shape index (κ2) is 7.85. The Kier molecular flexibility index (Phi) is 5.10. The Bertz CT molecular complexity index is 1260. The highest BCUT2D eigenvalue weighted by atomic mass is 16.2. The number of fused-ring (bicyclic) bond motifs is 2. The van der Waals surface area contributed by atoms with Gasteiger partial charge < -0.3 is 5.32 Å². The summed E-state index contributed by atoms with van der Waals surface area (Å²) in [7, 11) is 1.84. The maximum atomic E-state index is 12.5. The van der Waals surface area contributed by atoms with Gasteiger partial charge in [0, 0.05) is 29.4 Å². The van der Waals surface area contributed by atoms with E-state index in [2.05, 4.69) is 10.3 Å². The van der Waals surface area contributed by atoms with Crippen LogP contribution in [0.15, 0.2) is 71.5 Å². The van der Waals surface area contributed by atoms with E-state index in [1.54, 1.807) is 4.40 Å². The molecule has 0 radical (unpaired) electrons. The molecular formula is C23H22N4O2. The molecule has 29 heavy (non-hydrogen) atoms. The van der Waals surface area contributed by atoms with E-state index in [0.29, 0.717) is 17.9 Å². The fourth-order valence-electron chi connectivity index (χ4n) is 3.55. The highest BCUT2D eigenvalue weighted by Gasteiger charge is 2.11. The second-order valence-electron chi connectivity index (χ2n) is 7.19. The van der Waals surface area contributed by atoms with E-state index in [-0.39, 0.29) is 18.0 Å². The number of anilines is 1. The second-order valence-corrected chi connectivity index (χ2v) is 7.19. The van der Waals surface area contributed by atoms with Crippen molar-refractivity contribution in [1.29, 1.82) is 0 Å². The molecule has 0 saturated carbocycles. The summed E-state index contributed by atoms with van der Waals surface area (Å²) < 4.78 is 1.58. The van der Waals surface area contributed by atoms with Crippen molar-refractivity contribution in [3.05, 3.63) is 88.5 Å². The Labute approximate surface area is 168 Å². The lowest BCUT2D eigenvalue weighted by atomic mass is 10.1. The third-order valence-corrected chi connectivity index (χ3v) is 4.84. The van der Waals surface area contributed by atoms with E-state index < -0.39 is 0 Å². The molecule has 6 heteroatoms. The van der Waals surface area contributed by atoms with Crippen molar-refractivity contribution < 1.29 is 4.79 Å². The van der Waals surface area contributed by atoms with Crippen LogP contribution in [0.1, 0.15) is 11.4 Å². The van der Waals surface area contributed by atoms with Crippen LogP contribution in [-0.2, 0) is 11.3 Å². The van der Waals surface area contributed by atoms with Gasteiger partial charge in [0.25, 0.3) is 5.56 Å². The third kappa shape index (κ3) is 4.02. The number of aromatic nitrogens is 2. The van der Waals surface area contributed by atoms with Gasteiger partial charge in [0.1, 0.15) is 5.65 Å². The highest BCUT2D eigenvalue weighted by molar-refractivity contribution is 6.02. The van der Waals surface area contributed by atoms with Crippen LogP contribution in [0.5, 0.6) is 0 Å². The molecule has 2 aromatic carbocycles. The van der Waals surface area contributed by atoms with Crippen LogP contribution in [0.3, 0.4) is 0 Å². The number of carbonyl (C=O) groups excluding carboxylic acids is 1. The zero-order valence-corrected chi connectivity index (χ0v) is 16.4. The quantitative estimate of drug-likeness (QED) is 0.572. The molecule has 2 aromatic heterocycles. The number of aryl methyl sites for hydroxylation is 1. The van der Waals surface area contributed by atoms with Gasteiger partial charge in [0.05, 0.1) is 12.2 Å². The first-order valence-electron chi connectivity index (χ1n) is 9.46.